The molecule has 1 saturated heterocycles. The molecule has 0 unspecified atom stereocenters. The van der Waals surface area contributed by atoms with E-state index in [1.807, 2.05) is 24.3 Å². The van der Waals surface area contributed by atoms with Crippen LogP contribution in [0, 0.1) is 0 Å². The maximum atomic E-state index is 5.81. The first-order valence-corrected chi connectivity index (χ1v) is 5.65. The van der Waals surface area contributed by atoms with Gasteiger partial charge in [-0.2, -0.15) is 0 Å². The summed E-state index contributed by atoms with van der Waals surface area (Å²) in [5.41, 5.74) is 0.992. The lowest BCUT2D eigenvalue weighted by molar-refractivity contribution is 0.215. The van der Waals surface area contributed by atoms with Crippen LogP contribution >= 0.6 is 0 Å². The molecule has 16 heavy (non-hydrogen) atoms. The predicted octanol–water partition coefficient (Wildman–Crippen LogP) is 1.98. The predicted molar refractivity (Wildman–Crippen MR) is 63.6 cm³/mol. The second kappa shape index (κ2) is 4.10. The van der Waals surface area contributed by atoms with Crippen molar-refractivity contribution in [1.29, 1.82) is 0 Å². The lowest BCUT2D eigenvalue weighted by Crippen LogP contribution is -2.19. The number of nitrogens with zero attached hydrogens (tertiary/aromatic N) is 1. The standard InChI is InChI=1S/C13H14N2O/c1-2-4-12-10(3-1)5-6-13(15-12)16-11-7-8-14-9-11/h1-6,11,14H,7-9H2/t11-/m0/s1. The second-order valence-electron chi connectivity index (χ2n) is 4.07. The average Bonchev–Trinajstić information content (AvgIpc) is 2.82. The molecule has 1 N–H and O–H groups in total. The number of benzene rings is 1. The Morgan fingerprint density at radius 2 is 2.12 bits per heavy atom. The fraction of sp³-hybridized carbons (Fsp3) is 0.308. The highest BCUT2D eigenvalue weighted by molar-refractivity contribution is 5.78. The molecule has 3 rings (SSSR count). The zero-order valence-corrected chi connectivity index (χ0v) is 9.02. The number of hydrogen-bond donors (Lipinski definition) is 1. The van der Waals surface area contributed by atoms with E-state index in [1.165, 1.54) is 0 Å². The Hall–Kier alpha value is -1.61. The fourth-order valence-electron chi connectivity index (χ4n) is 2.01. The maximum Gasteiger partial charge on any atom is 0.214 e. The minimum Gasteiger partial charge on any atom is -0.473 e. The van der Waals surface area contributed by atoms with E-state index >= 15 is 0 Å². The smallest absolute Gasteiger partial charge is 0.214 e. The topological polar surface area (TPSA) is 34.1 Å². The number of aromatic nitrogens is 1. The summed E-state index contributed by atoms with van der Waals surface area (Å²) < 4.78 is 5.81. The molecule has 0 amide bonds. The first-order valence-electron chi connectivity index (χ1n) is 5.65. The number of ether oxygens (including phenoxy) is 1. The van der Waals surface area contributed by atoms with Crippen LogP contribution in [0.4, 0.5) is 0 Å². The lowest BCUT2D eigenvalue weighted by Gasteiger charge is -2.11. The molecule has 3 nitrogen and oxygen atoms in total. The Kier molecular flexibility index (Phi) is 2.46. The van der Waals surface area contributed by atoms with Crippen molar-refractivity contribution in [2.24, 2.45) is 0 Å². The maximum absolute atomic E-state index is 5.81. The Bertz CT molecular complexity index is 492. The van der Waals surface area contributed by atoms with Gasteiger partial charge in [-0.05, 0) is 25.1 Å². The van der Waals surface area contributed by atoms with E-state index in [0.29, 0.717) is 0 Å². The molecule has 1 fully saturated rings. The van der Waals surface area contributed by atoms with Crippen LogP contribution < -0.4 is 10.1 Å². The molecule has 1 aromatic heterocycles. The van der Waals surface area contributed by atoms with Gasteiger partial charge in [0.2, 0.25) is 5.88 Å². The lowest BCUT2D eigenvalue weighted by atomic mass is 10.2. The molecule has 0 aliphatic carbocycles. The van der Waals surface area contributed by atoms with E-state index in [-0.39, 0.29) is 6.10 Å². The Morgan fingerprint density at radius 1 is 1.19 bits per heavy atom. The van der Waals surface area contributed by atoms with E-state index in [4.69, 9.17) is 4.74 Å². The van der Waals surface area contributed by atoms with Crippen LogP contribution in [0.5, 0.6) is 5.88 Å². The molecule has 1 atom stereocenters. The molecule has 2 heterocycles. The molecule has 0 radical (unpaired) electrons. The molecule has 0 spiro atoms. The van der Waals surface area contributed by atoms with E-state index in [9.17, 15) is 0 Å². The van der Waals surface area contributed by atoms with Crippen LogP contribution in [0.2, 0.25) is 0 Å². The second-order valence-corrected chi connectivity index (χ2v) is 4.07. The number of fused-ring (bicyclic) bond motifs is 1. The van der Waals surface area contributed by atoms with Crippen molar-refractivity contribution >= 4 is 10.9 Å². The summed E-state index contributed by atoms with van der Waals surface area (Å²) in [5.74, 6) is 0.729. The third-order valence-corrected chi connectivity index (χ3v) is 2.88. The number of rotatable bonds is 2. The average molecular weight is 214 g/mol. The molecule has 1 aromatic carbocycles. The molecular formula is C13H14N2O. The van der Waals surface area contributed by atoms with E-state index < -0.39 is 0 Å². The highest BCUT2D eigenvalue weighted by Gasteiger charge is 2.16. The van der Waals surface area contributed by atoms with Crippen molar-refractivity contribution in [2.45, 2.75) is 12.5 Å². The van der Waals surface area contributed by atoms with Crippen molar-refractivity contribution in [2.75, 3.05) is 13.1 Å². The number of para-hydroxylation sites is 1. The fourth-order valence-corrected chi connectivity index (χ4v) is 2.01. The third kappa shape index (κ3) is 1.86. The summed E-state index contributed by atoms with van der Waals surface area (Å²) in [7, 11) is 0. The quantitative estimate of drug-likeness (QED) is 0.830. The molecule has 0 saturated carbocycles. The summed E-state index contributed by atoms with van der Waals surface area (Å²) >= 11 is 0. The van der Waals surface area contributed by atoms with Crippen molar-refractivity contribution in [1.82, 2.24) is 10.3 Å². The molecular weight excluding hydrogens is 200 g/mol. The van der Waals surface area contributed by atoms with Gasteiger partial charge in [-0.15, -0.1) is 0 Å². The number of pyridine rings is 1. The van der Waals surface area contributed by atoms with Crippen LogP contribution in [0.3, 0.4) is 0 Å². The van der Waals surface area contributed by atoms with Gasteiger partial charge in [0.05, 0.1) is 5.52 Å². The number of hydrogen-bond acceptors (Lipinski definition) is 3. The Balaban J connectivity index is 1.86. The molecule has 1 aliphatic heterocycles. The van der Waals surface area contributed by atoms with Gasteiger partial charge in [0.1, 0.15) is 6.10 Å². The minimum absolute atomic E-state index is 0.272. The van der Waals surface area contributed by atoms with Crippen LogP contribution in [0.25, 0.3) is 10.9 Å². The third-order valence-electron chi connectivity index (χ3n) is 2.88. The van der Waals surface area contributed by atoms with E-state index in [0.717, 1.165) is 36.3 Å². The van der Waals surface area contributed by atoms with E-state index in [2.05, 4.69) is 22.4 Å². The van der Waals surface area contributed by atoms with Gasteiger partial charge in [0.25, 0.3) is 0 Å². The highest BCUT2D eigenvalue weighted by atomic mass is 16.5. The molecule has 2 aromatic rings. The Labute approximate surface area is 94.5 Å². The molecule has 82 valence electrons. The van der Waals surface area contributed by atoms with Gasteiger partial charge in [0.15, 0.2) is 0 Å². The SMILES string of the molecule is c1ccc2nc(O[C@H]3CCNC3)ccc2c1. The first-order chi connectivity index (χ1) is 7.92. The number of nitrogens with one attached hydrogen (secondary N) is 1. The summed E-state index contributed by atoms with van der Waals surface area (Å²) in [6.07, 6.45) is 1.34. The van der Waals surface area contributed by atoms with Gasteiger partial charge in [-0.25, -0.2) is 4.98 Å². The van der Waals surface area contributed by atoms with Crippen LogP contribution in [-0.2, 0) is 0 Å². The van der Waals surface area contributed by atoms with Crippen LogP contribution in [0.1, 0.15) is 6.42 Å². The van der Waals surface area contributed by atoms with Gasteiger partial charge >= 0.3 is 0 Å². The van der Waals surface area contributed by atoms with Crippen molar-refractivity contribution in [3.05, 3.63) is 36.4 Å². The normalized spacial score (nSPS) is 20.1. The van der Waals surface area contributed by atoms with Crippen LogP contribution in [-0.4, -0.2) is 24.2 Å². The minimum atomic E-state index is 0.272. The van der Waals surface area contributed by atoms with Crippen molar-refractivity contribution < 1.29 is 4.74 Å². The summed E-state index contributed by atoms with van der Waals surface area (Å²) in [6, 6.07) is 12.1. The molecule has 3 heteroatoms. The Morgan fingerprint density at radius 3 is 3.00 bits per heavy atom. The largest absolute Gasteiger partial charge is 0.473 e. The monoisotopic (exact) mass is 214 g/mol. The zero-order valence-electron chi connectivity index (χ0n) is 9.02. The van der Waals surface area contributed by atoms with E-state index in [1.54, 1.807) is 0 Å². The summed E-state index contributed by atoms with van der Waals surface area (Å²) in [6.45, 7) is 1.97. The summed E-state index contributed by atoms with van der Waals surface area (Å²) in [5, 5.41) is 4.43. The van der Waals surface area contributed by atoms with Crippen molar-refractivity contribution in [3.63, 3.8) is 0 Å². The van der Waals surface area contributed by atoms with Gasteiger partial charge in [-0.3, -0.25) is 0 Å². The van der Waals surface area contributed by atoms with Gasteiger partial charge in [-0.1, -0.05) is 18.2 Å². The van der Waals surface area contributed by atoms with Crippen molar-refractivity contribution in [3.8, 4) is 5.88 Å². The van der Waals surface area contributed by atoms with Gasteiger partial charge < -0.3 is 10.1 Å². The highest BCUT2D eigenvalue weighted by Crippen LogP contribution is 2.18. The zero-order chi connectivity index (χ0) is 10.8. The first kappa shape index (κ1) is 9.60. The molecule has 1 aliphatic rings. The molecule has 0 bridgehead atoms. The van der Waals surface area contributed by atoms with Gasteiger partial charge in [0, 0.05) is 18.0 Å². The summed E-state index contributed by atoms with van der Waals surface area (Å²) in [4.78, 5) is 4.49. The van der Waals surface area contributed by atoms with Crippen LogP contribution in [0.15, 0.2) is 36.4 Å².